The van der Waals surface area contributed by atoms with Gasteiger partial charge in [0.05, 0.1) is 12.2 Å². The summed E-state index contributed by atoms with van der Waals surface area (Å²) in [4.78, 5) is 27.0. The second-order valence-electron chi connectivity index (χ2n) is 5.72. The van der Waals surface area contributed by atoms with Gasteiger partial charge in [0.1, 0.15) is 0 Å². The molecular formula is C19H15N3O2. The molecule has 1 aliphatic rings. The average molecular weight is 317 g/mol. The van der Waals surface area contributed by atoms with E-state index in [9.17, 15) is 9.59 Å². The number of imide groups is 1. The molecule has 4 rings (SSSR count). The molecule has 0 aliphatic carbocycles. The quantitative estimate of drug-likeness (QED) is 0.442. The molecule has 0 unspecified atom stereocenters. The van der Waals surface area contributed by atoms with Crippen LogP contribution >= 0.6 is 0 Å². The van der Waals surface area contributed by atoms with Crippen LogP contribution in [0.15, 0.2) is 60.7 Å². The van der Waals surface area contributed by atoms with Crippen LogP contribution in [0.4, 0.5) is 5.69 Å². The molecule has 5 heteroatoms. The zero-order chi connectivity index (χ0) is 16.7. The number of hydrazine groups is 1. The number of nitrogens with one attached hydrogen (secondary N) is 1. The minimum absolute atomic E-state index is 0.255. The van der Waals surface area contributed by atoms with E-state index in [1.54, 1.807) is 24.3 Å². The van der Waals surface area contributed by atoms with Crippen LogP contribution in [0.1, 0.15) is 26.3 Å². The summed E-state index contributed by atoms with van der Waals surface area (Å²) in [7, 11) is 0. The highest BCUT2D eigenvalue weighted by molar-refractivity contribution is 6.26. The molecule has 1 heterocycles. The van der Waals surface area contributed by atoms with E-state index in [-0.39, 0.29) is 18.4 Å². The lowest BCUT2D eigenvalue weighted by Gasteiger charge is -2.27. The van der Waals surface area contributed by atoms with Crippen LogP contribution in [0.25, 0.3) is 10.8 Å². The number of carbonyl (C=O) groups excluding carboxylic acids is 2. The van der Waals surface area contributed by atoms with E-state index < -0.39 is 0 Å². The predicted octanol–water partition coefficient (Wildman–Crippen LogP) is 2.92. The first-order valence-electron chi connectivity index (χ1n) is 7.63. The van der Waals surface area contributed by atoms with Gasteiger partial charge in [-0.1, -0.05) is 42.5 Å². The summed E-state index contributed by atoms with van der Waals surface area (Å²) in [6.07, 6.45) is 0. The number of nitrogens with zero attached hydrogens (tertiary/aromatic N) is 1. The van der Waals surface area contributed by atoms with Crippen LogP contribution in [-0.4, -0.2) is 16.7 Å². The molecule has 0 saturated carbocycles. The van der Waals surface area contributed by atoms with E-state index in [1.165, 1.54) is 4.90 Å². The van der Waals surface area contributed by atoms with Crippen LogP contribution in [0, 0.1) is 0 Å². The van der Waals surface area contributed by atoms with Gasteiger partial charge in [-0.15, -0.1) is 0 Å². The SMILES string of the molecule is NNc1ccc2c3c(cccc13)C(=O)N(Cc1ccccc1)C2=O. The standard InChI is InChI=1S/C19H15N3O2/c20-21-16-10-9-15-17-13(16)7-4-8-14(17)18(23)22(19(15)24)11-12-5-2-1-3-6-12/h1-10,21H,11,20H2. The molecule has 0 spiro atoms. The molecule has 0 radical (unpaired) electrons. The zero-order valence-corrected chi connectivity index (χ0v) is 12.8. The van der Waals surface area contributed by atoms with E-state index in [0.29, 0.717) is 22.2 Å². The second kappa shape index (κ2) is 5.47. The first-order valence-corrected chi connectivity index (χ1v) is 7.63. The number of rotatable bonds is 3. The molecule has 0 saturated heterocycles. The largest absolute Gasteiger partial charge is 0.324 e. The number of benzene rings is 3. The highest BCUT2D eigenvalue weighted by atomic mass is 16.2. The van der Waals surface area contributed by atoms with Gasteiger partial charge >= 0.3 is 0 Å². The maximum atomic E-state index is 12.9. The zero-order valence-electron chi connectivity index (χ0n) is 12.8. The Morgan fingerprint density at radius 1 is 0.833 bits per heavy atom. The Bertz CT molecular complexity index is 945. The Kier molecular flexibility index (Phi) is 3.29. The topological polar surface area (TPSA) is 75.4 Å². The minimum atomic E-state index is -0.281. The maximum absolute atomic E-state index is 12.9. The molecule has 0 bridgehead atoms. The third kappa shape index (κ3) is 2.06. The van der Waals surface area contributed by atoms with Crippen LogP contribution in [0.3, 0.4) is 0 Å². The van der Waals surface area contributed by atoms with Gasteiger partial charge in [0.25, 0.3) is 11.8 Å². The molecule has 5 nitrogen and oxygen atoms in total. The third-order valence-electron chi connectivity index (χ3n) is 4.33. The van der Waals surface area contributed by atoms with Crippen molar-refractivity contribution in [1.82, 2.24) is 4.90 Å². The fraction of sp³-hybridized carbons (Fsp3) is 0.0526. The number of amides is 2. The van der Waals surface area contributed by atoms with Gasteiger partial charge in [-0.25, -0.2) is 0 Å². The van der Waals surface area contributed by atoms with Crippen molar-refractivity contribution >= 4 is 28.3 Å². The summed E-state index contributed by atoms with van der Waals surface area (Å²) in [6, 6.07) is 18.4. The second-order valence-corrected chi connectivity index (χ2v) is 5.72. The van der Waals surface area contributed by atoms with Gasteiger partial charge in [-0.05, 0) is 23.8 Å². The summed E-state index contributed by atoms with van der Waals surface area (Å²) in [5.74, 6) is 4.98. The summed E-state index contributed by atoms with van der Waals surface area (Å²) in [5, 5.41) is 1.43. The van der Waals surface area contributed by atoms with Gasteiger partial charge < -0.3 is 5.43 Å². The van der Waals surface area contributed by atoms with Gasteiger partial charge in [0, 0.05) is 21.9 Å². The van der Waals surface area contributed by atoms with E-state index in [2.05, 4.69) is 5.43 Å². The monoisotopic (exact) mass is 317 g/mol. The molecule has 118 valence electrons. The van der Waals surface area contributed by atoms with Crippen molar-refractivity contribution < 1.29 is 9.59 Å². The highest BCUT2D eigenvalue weighted by Gasteiger charge is 2.33. The summed E-state index contributed by atoms with van der Waals surface area (Å²) in [5.41, 5.74) is 5.26. The molecule has 3 aromatic carbocycles. The van der Waals surface area contributed by atoms with E-state index in [1.807, 2.05) is 36.4 Å². The Hall–Kier alpha value is -3.18. The van der Waals surface area contributed by atoms with Crippen LogP contribution in [0.2, 0.25) is 0 Å². The van der Waals surface area contributed by atoms with E-state index in [0.717, 1.165) is 10.9 Å². The fourth-order valence-electron chi connectivity index (χ4n) is 3.18. The lowest BCUT2D eigenvalue weighted by molar-refractivity contribution is 0.0598. The third-order valence-corrected chi connectivity index (χ3v) is 4.33. The number of nitrogen functional groups attached to an aromatic ring is 1. The molecular weight excluding hydrogens is 302 g/mol. The Balaban J connectivity index is 1.87. The van der Waals surface area contributed by atoms with Crippen molar-refractivity contribution in [2.45, 2.75) is 6.54 Å². The first-order chi connectivity index (χ1) is 11.7. The lowest BCUT2D eigenvalue weighted by atomic mass is 9.93. The Labute approximate surface area is 138 Å². The van der Waals surface area contributed by atoms with Crippen LogP contribution in [-0.2, 0) is 6.54 Å². The molecule has 0 atom stereocenters. The average Bonchev–Trinajstić information content (AvgIpc) is 2.63. The Morgan fingerprint density at radius 2 is 1.54 bits per heavy atom. The van der Waals surface area contributed by atoms with Crippen molar-refractivity contribution in [2.24, 2.45) is 5.84 Å². The molecule has 24 heavy (non-hydrogen) atoms. The Morgan fingerprint density at radius 3 is 2.25 bits per heavy atom. The number of nitrogens with two attached hydrogens (primary N) is 1. The molecule has 2 amide bonds. The van der Waals surface area contributed by atoms with Crippen molar-refractivity contribution in [1.29, 1.82) is 0 Å². The normalized spacial score (nSPS) is 13.5. The van der Waals surface area contributed by atoms with Gasteiger partial charge in [-0.3, -0.25) is 20.3 Å². The molecule has 3 aromatic rings. The lowest BCUT2D eigenvalue weighted by Crippen LogP contribution is -2.39. The minimum Gasteiger partial charge on any atom is -0.324 e. The number of anilines is 1. The van der Waals surface area contributed by atoms with Crippen LogP contribution < -0.4 is 11.3 Å². The van der Waals surface area contributed by atoms with Crippen LogP contribution in [0.5, 0.6) is 0 Å². The number of hydrogen-bond acceptors (Lipinski definition) is 4. The highest BCUT2D eigenvalue weighted by Crippen LogP contribution is 2.34. The molecule has 3 N–H and O–H groups in total. The number of hydrogen-bond donors (Lipinski definition) is 2. The molecule has 0 aromatic heterocycles. The summed E-state index contributed by atoms with van der Waals surface area (Å²) >= 11 is 0. The predicted molar refractivity (Wildman–Crippen MR) is 92.4 cm³/mol. The fourth-order valence-corrected chi connectivity index (χ4v) is 3.18. The van der Waals surface area contributed by atoms with Gasteiger partial charge in [0.15, 0.2) is 0 Å². The van der Waals surface area contributed by atoms with Crippen molar-refractivity contribution in [3.8, 4) is 0 Å². The summed E-state index contributed by atoms with van der Waals surface area (Å²) < 4.78 is 0. The molecule has 1 aliphatic heterocycles. The van der Waals surface area contributed by atoms with Gasteiger partial charge in [-0.2, -0.15) is 0 Å². The van der Waals surface area contributed by atoms with Gasteiger partial charge in [0.2, 0.25) is 0 Å². The first kappa shape index (κ1) is 14.4. The maximum Gasteiger partial charge on any atom is 0.261 e. The van der Waals surface area contributed by atoms with Crippen molar-refractivity contribution in [2.75, 3.05) is 5.43 Å². The summed E-state index contributed by atoms with van der Waals surface area (Å²) in [6.45, 7) is 0.255. The number of carbonyl (C=O) groups is 2. The smallest absolute Gasteiger partial charge is 0.261 e. The van der Waals surface area contributed by atoms with E-state index >= 15 is 0 Å². The van der Waals surface area contributed by atoms with Crippen molar-refractivity contribution in [3.05, 3.63) is 77.4 Å². The van der Waals surface area contributed by atoms with Crippen molar-refractivity contribution in [3.63, 3.8) is 0 Å². The van der Waals surface area contributed by atoms with E-state index in [4.69, 9.17) is 5.84 Å². The molecule has 0 fully saturated rings.